The van der Waals surface area contributed by atoms with Gasteiger partial charge in [-0.15, -0.1) is 0 Å². The fourth-order valence-corrected chi connectivity index (χ4v) is 4.58. The molecule has 0 saturated carbocycles. The van der Waals surface area contributed by atoms with E-state index in [4.69, 9.17) is 9.47 Å². The van der Waals surface area contributed by atoms with Crippen molar-refractivity contribution in [2.75, 3.05) is 13.2 Å². The predicted molar refractivity (Wildman–Crippen MR) is 137 cm³/mol. The van der Waals surface area contributed by atoms with Gasteiger partial charge in [0.1, 0.15) is 28.6 Å². The zero-order valence-electron chi connectivity index (χ0n) is 20.3. The van der Waals surface area contributed by atoms with Crippen molar-refractivity contribution in [2.45, 2.75) is 32.4 Å². The molecule has 3 aromatic carbocycles. The van der Waals surface area contributed by atoms with E-state index < -0.39 is 0 Å². The van der Waals surface area contributed by atoms with Crippen LogP contribution >= 0.6 is 0 Å². The van der Waals surface area contributed by atoms with Gasteiger partial charge < -0.3 is 19.5 Å². The van der Waals surface area contributed by atoms with Gasteiger partial charge in [0.2, 0.25) is 0 Å². The van der Waals surface area contributed by atoms with Crippen LogP contribution < -0.4 is 4.74 Å². The summed E-state index contributed by atoms with van der Waals surface area (Å²) in [7, 11) is 0. The summed E-state index contributed by atoms with van der Waals surface area (Å²) >= 11 is 0. The topological polar surface area (TPSA) is 87.7 Å². The Morgan fingerprint density at radius 2 is 1.75 bits per heavy atom. The number of phenols is 1. The summed E-state index contributed by atoms with van der Waals surface area (Å²) < 4.78 is 11.8. The van der Waals surface area contributed by atoms with Gasteiger partial charge in [-0.25, -0.2) is 0 Å². The number of aromatic hydroxyl groups is 1. The highest BCUT2D eigenvalue weighted by Crippen LogP contribution is 2.45. The predicted octanol–water partition coefficient (Wildman–Crippen LogP) is 5.93. The Morgan fingerprint density at radius 1 is 1.00 bits per heavy atom. The van der Waals surface area contributed by atoms with Crippen LogP contribution in [0.2, 0.25) is 0 Å². The summed E-state index contributed by atoms with van der Waals surface area (Å²) in [6, 6.07) is 24.0. The number of hydrogen-bond donors (Lipinski definition) is 2. The smallest absolute Gasteiger partial charge is 0.273 e. The first kappa shape index (κ1) is 23.6. The molecule has 0 bridgehead atoms. The van der Waals surface area contributed by atoms with Crippen LogP contribution in [-0.4, -0.2) is 45.4 Å². The van der Waals surface area contributed by atoms with Gasteiger partial charge in [0.15, 0.2) is 0 Å². The van der Waals surface area contributed by atoms with Crippen molar-refractivity contribution >= 4 is 5.91 Å². The minimum atomic E-state index is -0.390. The van der Waals surface area contributed by atoms with Gasteiger partial charge in [0.25, 0.3) is 5.91 Å². The Bertz CT molecular complexity index is 1350. The fourth-order valence-electron chi connectivity index (χ4n) is 4.58. The standard InChI is InChI=1S/C29H29N3O4/c1-19(2)35-17-9-16-32-28(20-10-8-13-22(18-20)36-21-11-4-3-5-12-21)25-26(30-31-27(25)29(32)34)23-14-6-7-15-24(23)33/h3-8,10-15,18-19,28,33H,9,16-17H2,1-2H3,(H,30,31)/t28-/m0/s1. The Kier molecular flexibility index (Phi) is 6.73. The lowest BCUT2D eigenvalue weighted by atomic mass is 9.95. The molecule has 1 amide bonds. The molecule has 0 unspecified atom stereocenters. The van der Waals surface area contributed by atoms with Gasteiger partial charge in [0.05, 0.1) is 12.1 Å². The number of para-hydroxylation sites is 2. The van der Waals surface area contributed by atoms with Gasteiger partial charge in [0, 0.05) is 24.3 Å². The number of aromatic amines is 1. The summed E-state index contributed by atoms with van der Waals surface area (Å²) in [4.78, 5) is 15.4. The number of hydrogen-bond acceptors (Lipinski definition) is 5. The van der Waals surface area contributed by atoms with Crippen LogP contribution in [-0.2, 0) is 4.74 Å². The molecule has 2 N–H and O–H groups in total. The van der Waals surface area contributed by atoms with E-state index in [1.54, 1.807) is 18.2 Å². The molecule has 0 fully saturated rings. The van der Waals surface area contributed by atoms with Crippen LogP contribution in [0, 0.1) is 0 Å². The molecular weight excluding hydrogens is 454 g/mol. The lowest BCUT2D eigenvalue weighted by Gasteiger charge is -2.27. The molecule has 0 radical (unpaired) electrons. The highest BCUT2D eigenvalue weighted by atomic mass is 16.5. The van der Waals surface area contributed by atoms with E-state index in [1.807, 2.05) is 79.4 Å². The first-order valence-electron chi connectivity index (χ1n) is 12.1. The largest absolute Gasteiger partial charge is 0.507 e. The molecule has 5 rings (SSSR count). The summed E-state index contributed by atoms with van der Waals surface area (Å²) in [6.45, 7) is 5.07. The molecule has 0 spiro atoms. The van der Waals surface area contributed by atoms with Crippen molar-refractivity contribution < 1.29 is 19.4 Å². The highest BCUT2D eigenvalue weighted by molar-refractivity contribution is 6.00. The number of ether oxygens (including phenoxy) is 2. The normalized spacial score (nSPS) is 14.9. The van der Waals surface area contributed by atoms with Crippen molar-refractivity contribution in [1.29, 1.82) is 0 Å². The first-order valence-corrected chi connectivity index (χ1v) is 12.1. The fraction of sp³-hybridized carbons (Fsp3) is 0.241. The Labute approximate surface area is 210 Å². The molecule has 1 aliphatic heterocycles. The third-order valence-electron chi connectivity index (χ3n) is 6.17. The van der Waals surface area contributed by atoms with E-state index in [1.165, 1.54) is 0 Å². The van der Waals surface area contributed by atoms with Gasteiger partial charge in [-0.1, -0.05) is 42.5 Å². The summed E-state index contributed by atoms with van der Waals surface area (Å²) in [5, 5.41) is 17.9. The Morgan fingerprint density at radius 3 is 2.53 bits per heavy atom. The molecule has 184 valence electrons. The minimum Gasteiger partial charge on any atom is -0.507 e. The van der Waals surface area contributed by atoms with Crippen molar-refractivity contribution in [3.63, 3.8) is 0 Å². The number of H-pyrrole nitrogens is 1. The number of aromatic nitrogens is 2. The molecule has 0 saturated heterocycles. The number of carbonyl (C=O) groups excluding carboxylic acids is 1. The van der Waals surface area contributed by atoms with Crippen LogP contribution in [0.4, 0.5) is 0 Å². The number of nitrogens with zero attached hydrogens (tertiary/aromatic N) is 2. The second kappa shape index (κ2) is 10.3. The lowest BCUT2D eigenvalue weighted by molar-refractivity contribution is 0.0601. The van der Waals surface area contributed by atoms with E-state index in [-0.39, 0.29) is 23.8 Å². The van der Waals surface area contributed by atoms with Crippen LogP contribution in [0.1, 0.15) is 47.9 Å². The maximum atomic E-state index is 13.5. The molecule has 7 nitrogen and oxygen atoms in total. The van der Waals surface area contributed by atoms with E-state index in [9.17, 15) is 9.90 Å². The second-order valence-electron chi connectivity index (χ2n) is 9.04. The van der Waals surface area contributed by atoms with E-state index in [0.717, 1.165) is 16.9 Å². The first-order chi connectivity index (χ1) is 17.5. The average Bonchev–Trinajstić information content (AvgIpc) is 3.41. The highest BCUT2D eigenvalue weighted by Gasteiger charge is 2.42. The molecule has 1 aliphatic rings. The molecule has 2 heterocycles. The summed E-state index contributed by atoms with van der Waals surface area (Å²) in [5.74, 6) is 1.40. The maximum Gasteiger partial charge on any atom is 0.273 e. The van der Waals surface area contributed by atoms with Gasteiger partial charge in [-0.2, -0.15) is 5.10 Å². The Balaban J connectivity index is 1.54. The zero-order valence-corrected chi connectivity index (χ0v) is 20.3. The molecule has 0 aliphatic carbocycles. The zero-order chi connectivity index (χ0) is 25.1. The third kappa shape index (κ3) is 4.70. The quantitative estimate of drug-likeness (QED) is 0.288. The van der Waals surface area contributed by atoms with Gasteiger partial charge >= 0.3 is 0 Å². The van der Waals surface area contributed by atoms with Crippen LogP contribution in [0.3, 0.4) is 0 Å². The lowest BCUT2D eigenvalue weighted by Crippen LogP contribution is -2.31. The SMILES string of the molecule is CC(C)OCCCN1C(=O)c2[nH]nc(-c3ccccc3O)c2[C@@H]1c1cccc(Oc2ccccc2)c1. The van der Waals surface area contributed by atoms with Crippen molar-refractivity contribution in [3.05, 3.63) is 95.7 Å². The molecule has 1 aromatic heterocycles. The third-order valence-corrected chi connectivity index (χ3v) is 6.17. The van der Waals surface area contributed by atoms with Crippen LogP contribution in [0.25, 0.3) is 11.3 Å². The molecule has 36 heavy (non-hydrogen) atoms. The molecule has 1 atom stereocenters. The maximum absolute atomic E-state index is 13.5. The number of amides is 1. The van der Waals surface area contributed by atoms with E-state index in [2.05, 4.69) is 10.2 Å². The average molecular weight is 484 g/mol. The van der Waals surface area contributed by atoms with Crippen LogP contribution in [0.5, 0.6) is 17.2 Å². The number of rotatable bonds is 9. The summed E-state index contributed by atoms with van der Waals surface area (Å²) in [6.07, 6.45) is 0.830. The van der Waals surface area contributed by atoms with E-state index in [0.29, 0.717) is 42.3 Å². The monoisotopic (exact) mass is 483 g/mol. The number of nitrogens with one attached hydrogen (secondary N) is 1. The molecule has 7 heteroatoms. The Hall–Kier alpha value is -4.10. The molecular formula is C29H29N3O4. The van der Waals surface area contributed by atoms with Crippen molar-refractivity contribution in [2.24, 2.45) is 0 Å². The van der Waals surface area contributed by atoms with Crippen LogP contribution in [0.15, 0.2) is 78.9 Å². The number of benzene rings is 3. The van der Waals surface area contributed by atoms with Crippen molar-refractivity contribution in [3.8, 4) is 28.5 Å². The van der Waals surface area contributed by atoms with Gasteiger partial charge in [-0.05, 0) is 62.2 Å². The van der Waals surface area contributed by atoms with E-state index >= 15 is 0 Å². The number of carbonyl (C=O) groups is 1. The second-order valence-corrected chi connectivity index (χ2v) is 9.04. The number of phenolic OH excluding ortho intramolecular Hbond substituents is 1. The number of fused-ring (bicyclic) bond motifs is 1. The minimum absolute atomic E-state index is 0.114. The molecule has 4 aromatic rings. The van der Waals surface area contributed by atoms with Crippen molar-refractivity contribution in [1.82, 2.24) is 15.1 Å². The van der Waals surface area contributed by atoms with Gasteiger partial charge in [-0.3, -0.25) is 9.89 Å². The summed E-state index contributed by atoms with van der Waals surface area (Å²) in [5.41, 5.74) is 3.24.